The van der Waals surface area contributed by atoms with Crippen molar-refractivity contribution in [2.75, 3.05) is 6.54 Å². The molecule has 0 bridgehead atoms. The lowest BCUT2D eigenvalue weighted by atomic mass is 9.94. The summed E-state index contributed by atoms with van der Waals surface area (Å²) in [6, 6.07) is 28.1. The van der Waals surface area contributed by atoms with Crippen molar-refractivity contribution in [3.05, 3.63) is 96.1 Å². The predicted octanol–water partition coefficient (Wildman–Crippen LogP) is 6.22. The minimum atomic E-state index is -1.62. The molecule has 0 saturated heterocycles. The molecule has 4 aromatic rings. The van der Waals surface area contributed by atoms with Crippen molar-refractivity contribution in [3.8, 4) is 16.9 Å². The first-order valence-electron chi connectivity index (χ1n) is 12.1. The number of rotatable bonds is 7. The molecule has 184 valence electrons. The van der Waals surface area contributed by atoms with Gasteiger partial charge in [-0.05, 0) is 84.0 Å². The molecule has 1 heterocycles. The average molecular weight is 500 g/mol. The topological polar surface area (TPSA) is 66.8 Å². The largest absolute Gasteiger partial charge is 0.488 e. The number of nitrogens with zero attached hydrogens (tertiary/aromatic N) is 1. The van der Waals surface area contributed by atoms with Gasteiger partial charge in [-0.1, -0.05) is 60.7 Å². The van der Waals surface area contributed by atoms with E-state index >= 15 is 0 Å². The first kappa shape index (κ1) is 24.2. The summed E-state index contributed by atoms with van der Waals surface area (Å²) in [5.41, 5.74) is 3.88. The van der Waals surface area contributed by atoms with E-state index in [1.165, 1.54) is 15.1 Å². The van der Waals surface area contributed by atoms with Crippen LogP contribution in [0.4, 0.5) is 0 Å². The Kier molecular flexibility index (Phi) is 6.65. The molecule has 1 aliphatic heterocycles. The van der Waals surface area contributed by atoms with Crippen LogP contribution in [-0.4, -0.2) is 31.7 Å². The molecule has 0 radical (unpaired) electrons. The third-order valence-corrected chi connectivity index (χ3v) is 7.94. The predicted molar refractivity (Wildman–Crippen MR) is 143 cm³/mol. The molecular formula is C30H29NO4S. The minimum Gasteiger partial charge on any atom is -0.488 e. The molecule has 0 saturated carbocycles. The normalized spacial score (nSPS) is 15.3. The minimum absolute atomic E-state index is 0.220. The lowest BCUT2D eigenvalue weighted by molar-refractivity contribution is -0.137. The van der Waals surface area contributed by atoms with E-state index < -0.39 is 17.0 Å². The van der Waals surface area contributed by atoms with E-state index in [0.29, 0.717) is 4.90 Å². The number of ether oxygens (including phenoxy) is 1. The Morgan fingerprint density at radius 3 is 2.42 bits per heavy atom. The fraction of sp³-hybridized carbons (Fsp3) is 0.233. The van der Waals surface area contributed by atoms with Crippen LogP contribution in [0.1, 0.15) is 31.4 Å². The molecule has 0 spiro atoms. The van der Waals surface area contributed by atoms with Crippen molar-refractivity contribution in [2.24, 2.45) is 0 Å². The molecule has 4 aromatic carbocycles. The summed E-state index contributed by atoms with van der Waals surface area (Å²) in [5.74, 6) is -0.208. The van der Waals surface area contributed by atoms with E-state index in [1.54, 1.807) is 6.07 Å². The third kappa shape index (κ3) is 5.35. The first-order valence-corrected chi connectivity index (χ1v) is 13.2. The number of carbonyl (C=O) groups is 1. The average Bonchev–Trinajstić information content (AvgIpc) is 2.87. The number of hydrogen-bond acceptors (Lipinski definition) is 3. The number of carboxylic acid groups (broad SMARTS) is 1. The van der Waals surface area contributed by atoms with Gasteiger partial charge in [-0.3, -0.25) is 4.79 Å². The fourth-order valence-corrected chi connectivity index (χ4v) is 5.81. The molecule has 36 heavy (non-hydrogen) atoms. The lowest BCUT2D eigenvalue weighted by Crippen LogP contribution is -2.33. The van der Waals surface area contributed by atoms with Gasteiger partial charge in [-0.15, -0.1) is 0 Å². The number of hydrogen-bond donors (Lipinski definition) is 1. The quantitative estimate of drug-likeness (QED) is 0.328. The zero-order valence-corrected chi connectivity index (χ0v) is 21.3. The van der Waals surface area contributed by atoms with E-state index in [-0.39, 0.29) is 18.7 Å². The van der Waals surface area contributed by atoms with Crippen molar-refractivity contribution in [3.63, 3.8) is 0 Å². The Bertz CT molecular complexity index is 1450. The summed E-state index contributed by atoms with van der Waals surface area (Å²) in [7, 11) is -1.62. The Morgan fingerprint density at radius 1 is 0.944 bits per heavy atom. The molecule has 5 rings (SSSR count). The van der Waals surface area contributed by atoms with Gasteiger partial charge in [-0.2, -0.15) is 0 Å². The van der Waals surface area contributed by atoms with Crippen LogP contribution in [0.2, 0.25) is 0 Å². The smallest absolute Gasteiger partial charge is 0.318 e. The van der Waals surface area contributed by atoms with E-state index in [2.05, 4.69) is 44.2 Å². The monoisotopic (exact) mass is 499 g/mol. The Balaban J connectivity index is 1.35. The van der Waals surface area contributed by atoms with Crippen LogP contribution in [0.3, 0.4) is 0 Å². The number of fused-ring (bicyclic) bond motifs is 2. The summed E-state index contributed by atoms with van der Waals surface area (Å²) in [5, 5.41) is 11.9. The van der Waals surface area contributed by atoms with Crippen molar-refractivity contribution < 1.29 is 18.8 Å². The van der Waals surface area contributed by atoms with E-state index in [9.17, 15) is 14.1 Å². The van der Waals surface area contributed by atoms with Crippen LogP contribution in [0, 0.1) is 0 Å². The molecule has 1 unspecified atom stereocenters. The van der Waals surface area contributed by atoms with Crippen molar-refractivity contribution >= 4 is 27.7 Å². The highest BCUT2D eigenvalue weighted by Gasteiger charge is 2.28. The van der Waals surface area contributed by atoms with Gasteiger partial charge in [0.15, 0.2) is 0 Å². The van der Waals surface area contributed by atoms with Crippen LogP contribution >= 0.6 is 0 Å². The first-order chi connectivity index (χ1) is 17.3. The van der Waals surface area contributed by atoms with Gasteiger partial charge in [0.1, 0.15) is 28.9 Å². The summed E-state index contributed by atoms with van der Waals surface area (Å²) >= 11 is 0. The third-order valence-electron chi connectivity index (χ3n) is 6.56. The number of carboxylic acids is 1. The molecule has 1 N–H and O–H groups in total. The Morgan fingerprint density at radius 2 is 1.67 bits per heavy atom. The molecule has 1 aliphatic rings. The standard InChI is InChI=1S/C30H29NO4S/c1-30(2)16-15-26-18-27(13-14-28(26)35-30)36(34)31(20-29(32)33)19-21-7-9-23(10-8-21)25-12-11-22-5-3-4-6-24(22)17-25/h3-14,17-18H,15-16,19-20H2,1-2H3,(H,32,33). The maximum Gasteiger partial charge on any atom is 0.318 e. The van der Waals surface area contributed by atoms with E-state index in [4.69, 9.17) is 4.74 Å². The Labute approximate surface area is 213 Å². The van der Waals surface area contributed by atoms with Crippen molar-refractivity contribution in [1.29, 1.82) is 0 Å². The summed E-state index contributed by atoms with van der Waals surface area (Å²) in [4.78, 5) is 12.2. The van der Waals surface area contributed by atoms with Crippen LogP contribution < -0.4 is 4.74 Å². The molecule has 0 fully saturated rings. The second kappa shape index (κ2) is 9.88. The maximum atomic E-state index is 13.4. The second-order valence-corrected chi connectivity index (χ2v) is 11.3. The molecule has 0 amide bonds. The zero-order valence-electron chi connectivity index (χ0n) is 20.4. The van der Waals surface area contributed by atoms with Crippen LogP contribution in [0.15, 0.2) is 89.8 Å². The zero-order chi connectivity index (χ0) is 25.3. The van der Waals surface area contributed by atoms with Crippen molar-refractivity contribution in [2.45, 2.75) is 43.7 Å². The van der Waals surface area contributed by atoms with Gasteiger partial charge >= 0.3 is 5.97 Å². The molecule has 1 atom stereocenters. The fourth-order valence-electron chi connectivity index (χ4n) is 4.59. The van der Waals surface area contributed by atoms with E-state index in [1.807, 2.05) is 48.5 Å². The molecule has 6 heteroatoms. The highest BCUT2D eigenvalue weighted by atomic mass is 32.2. The number of aliphatic carboxylic acids is 1. The number of aryl methyl sites for hydroxylation is 1. The van der Waals surface area contributed by atoms with Gasteiger partial charge in [-0.25, -0.2) is 8.51 Å². The highest BCUT2D eigenvalue weighted by Crippen LogP contribution is 2.34. The lowest BCUT2D eigenvalue weighted by Gasteiger charge is -2.32. The van der Waals surface area contributed by atoms with Gasteiger partial charge in [0, 0.05) is 6.54 Å². The van der Waals surface area contributed by atoms with Crippen LogP contribution in [-0.2, 0) is 28.7 Å². The van der Waals surface area contributed by atoms with Gasteiger partial charge in [0.25, 0.3) is 0 Å². The molecule has 0 aromatic heterocycles. The molecule has 0 aliphatic carbocycles. The number of benzene rings is 4. The molecular weight excluding hydrogens is 470 g/mol. The summed E-state index contributed by atoms with van der Waals surface area (Å²) in [6.07, 6.45) is 1.71. The SMILES string of the molecule is CC1(C)CCc2cc(S(=O)N(CC(=O)O)Cc3ccc(-c4ccc5ccccc5c4)cc3)ccc2O1. The van der Waals surface area contributed by atoms with E-state index in [0.717, 1.165) is 40.8 Å². The van der Waals surface area contributed by atoms with Crippen LogP contribution in [0.5, 0.6) is 5.75 Å². The van der Waals surface area contributed by atoms with Gasteiger partial charge in [0.2, 0.25) is 0 Å². The second-order valence-electron chi connectivity index (χ2n) is 9.83. The summed E-state index contributed by atoms with van der Waals surface area (Å²) < 4.78 is 21.0. The van der Waals surface area contributed by atoms with Gasteiger partial charge < -0.3 is 9.84 Å². The van der Waals surface area contributed by atoms with Crippen LogP contribution in [0.25, 0.3) is 21.9 Å². The molecule has 5 nitrogen and oxygen atoms in total. The van der Waals surface area contributed by atoms with Crippen molar-refractivity contribution in [1.82, 2.24) is 4.31 Å². The van der Waals surface area contributed by atoms with Gasteiger partial charge in [0.05, 0.1) is 4.90 Å². The maximum absolute atomic E-state index is 13.4. The highest BCUT2D eigenvalue weighted by molar-refractivity contribution is 7.82. The Hall–Kier alpha value is -3.48. The summed E-state index contributed by atoms with van der Waals surface area (Å²) in [6.45, 7) is 4.06.